The molecule has 1 rings (SSSR count). The van der Waals surface area contributed by atoms with Gasteiger partial charge in [0.2, 0.25) is 0 Å². The van der Waals surface area contributed by atoms with Crippen LogP contribution in [-0.4, -0.2) is 31.0 Å². The van der Waals surface area contributed by atoms with Gasteiger partial charge in [-0.1, -0.05) is 0 Å². The van der Waals surface area contributed by atoms with Crippen molar-refractivity contribution >= 4 is 0 Å². The standard InChI is InChI=1S/C10H21NO2/c1-9(11)10(4-6-12)3-2-7-13-8-5-10/h9,12H,2-8,11H2,1H3. The monoisotopic (exact) mass is 187 g/mol. The van der Waals surface area contributed by atoms with Crippen molar-refractivity contribution in [3.63, 3.8) is 0 Å². The Labute approximate surface area is 80.3 Å². The van der Waals surface area contributed by atoms with E-state index in [0.29, 0.717) is 0 Å². The highest BCUT2D eigenvalue weighted by Gasteiger charge is 2.34. The van der Waals surface area contributed by atoms with Gasteiger partial charge >= 0.3 is 0 Å². The lowest BCUT2D eigenvalue weighted by molar-refractivity contribution is 0.104. The Morgan fingerprint density at radius 2 is 2.23 bits per heavy atom. The van der Waals surface area contributed by atoms with Gasteiger partial charge in [-0.3, -0.25) is 0 Å². The van der Waals surface area contributed by atoms with Gasteiger partial charge in [0.1, 0.15) is 0 Å². The van der Waals surface area contributed by atoms with Gasteiger partial charge in [0.05, 0.1) is 0 Å². The molecule has 0 bridgehead atoms. The summed E-state index contributed by atoms with van der Waals surface area (Å²) in [5.41, 5.74) is 6.11. The lowest BCUT2D eigenvalue weighted by atomic mass is 9.73. The lowest BCUT2D eigenvalue weighted by Crippen LogP contribution is -2.40. The summed E-state index contributed by atoms with van der Waals surface area (Å²) in [7, 11) is 0. The van der Waals surface area contributed by atoms with Crippen molar-refractivity contribution < 1.29 is 9.84 Å². The molecule has 1 heterocycles. The first-order valence-corrected chi connectivity index (χ1v) is 5.15. The highest BCUT2D eigenvalue weighted by Crippen LogP contribution is 2.36. The Bertz CT molecular complexity index is 140. The van der Waals surface area contributed by atoms with Gasteiger partial charge in [-0.05, 0) is 38.0 Å². The minimum Gasteiger partial charge on any atom is -0.396 e. The van der Waals surface area contributed by atoms with E-state index in [4.69, 9.17) is 15.6 Å². The maximum absolute atomic E-state index is 9.03. The van der Waals surface area contributed by atoms with E-state index in [1.54, 1.807) is 0 Å². The zero-order valence-electron chi connectivity index (χ0n) is 8.46. The van der Waals surface area contributed by atoms with Crippen LogP contribution in [-0.2, 0) is 4.74 Å². The Hall–Kier alpha value is -0.120. The van der Waals surface area contributed by atoms with Crippen molar-refractivity contribution in [3.8, 4) is 0 Å². The molecular weight excluding hydrogens is 166 g/mol. The molecule has 0 aromatic carbocycles. The highest BCUT2D eigenvalue weighted by molar-refractivity contribution is 4.87. The quantitative estimate of drug-likeness (QED) is 0.690. The van der Waals surface area contributed by atoms with Crippen LogP contribution >= 0.6 is 0 Å². The minimum atomic E-state index is 0.116. The lowest BCUT2D eigenvalue weighted by Gasteiger charge is -2.35. The van der Waals surface area contributed by atoms with Crippen LogP contribution in [0.1, 0.15) is 32.6 Å². The van der Waals surface area contributed by atoms with Crippen LogP contribution in [0.4, 0.5) is 0 Å². The van der Waals surface area contributed by atoms with Crippen LogP contribution in [0.25, 0.3) is 0 Å². The van der Waals surface area contributed by atoms with E-state index in [0.717, 1.165) is 38.9 Å². The largest absolute Gasteiger partial charge is 0.396 e. The van der Waals surface area contributed by atoms with Crippen LogP contribution in [0, 0.1) is 5.41 Å². The zero-order chi connectivity index (χ0) is 9.73. The number of hydrogen-bond acceptors (Lipinski definition) is 3. The Balaban J connectivity index is 2.62. The number of aliphatic hydroxyl groups excluding tert-OH is 1. The van der Waals surface area contributed by atoms with Crippen LogP contribution in [0.2, 0.25) is 0 Å². The molecule has 0 radical (unpaired) electrons. The summed E-state index contributed by atoms with van der Waals surface area (Å²) in [6.45, 7) is 3.92. The summed E-state index contributed by atoms with van der Waals surface area (Å²) in [5, 5.41) is 9.03. The molecule has 0 aromatic heterocycles. The van der Waals surface area contributed by atoms with Crippen molar-refractivity contribution in [2.45, 2.75) is 38.6 Å². The number of aliphatic hydroxyl groups is 1. The number of ether oxygens (including phenoxy) is 1. The Morgan fingerprint density at radius 1 is 1.46 bits per heavy atom. The molecule has 1 aliphatic rings. The average molecular weight is 187 g/mol. The summed E-state index contributed by atoms with van der Waals surface area (Å²) in [4.78, 5) is 0. The fourth-order valence-corrected chi connectivity index (χ4v) is 2.18. The molecule has 0 spiro atoms. The van der Waals surface area contributed by atoms with E-state index >= 15 is 0 Å². The normalized spacial score (nSPS) is 32.5. The van der Waals surface area contributed by atoms with Crippen LogP contribution in [0.3, 0.4) is 0 Å². The van der Waals surface area contributed by atoms with E-state index in [9.17, 15) is 0 Å². The number of hydrogen-bond donors (Lipinski definition) is 2. The summed E-state index contributed by atoms with van der Waals surface area (Å²) in [5.74, 6) is 0. The van der Waals surface area contributed by atoms with Crippen molar-refractivity contribution in [1.82, 2.24) is 0 Å². The molecule has 0 saturated carbocycles. The van der Waals surface area contributed by atoms with Gasteiger partial charge in [-0.2, -0.15) is 0 Å². The first-order chi connectivity index (χ1) is 6.21. The molecule has 13 heavy (non-hydrogen) atoms. The van der Waals surface area contributed by atoms with Crippen LogP contribution in [0.15, 0.2) is 0 Å². The second-order valence-corrected chi connectivity index (χ2v) is 4.09. The van der Waals surface area contributed by atoms with Gasteiger partial charge in [-0.25, -0.2) is 0 Å². The van der Waals surface area contributed by atoms with Crippen molar-refractivity contribution in [2.75, 3.05) is 19.8 Å². The molecule has 2 unspecified atom stereocenters. The van der Waals surface area contributed by atoms with E-state index in [-0.39, 0.29) is 18.1 Å². The fraction of sp³-hybridized carbons (Fsp3) is 1.00. The molecule has 1 aliphatic heterocycles. The maximum atomic E-state index is 9.03. The summed E-state index contributed by atoms with van der Waals surface area (Å²) < 4.78 is 5.41. The summed E-state index contributed by atoms with van der Waals surface area (Å²) >= 11 is 0. The minimum absolute atomic E-state index is 0.116. The van der Waals surface area contributed by atoms with E-state index < -0.39 is 0 Å². The second kappa shape index (κ2) is 4.94. The third-order valence-electron chi connectivity index (χ3n) is 3.28. The predicted octanol–water partition coefficient (Wildman–Crippen LogP) is 0.903. The summed E-state index contributed by atoms with van der Waals surface area (Å²) in [6, 6.07) is 0.154. The molecule has 0 aromatic rings. The smallest absolute Gasteiger partial charge is 0.0471 e. The van der Waals surface area contributed by atoms with Gasteiger partial charge in [0, 0.05) is 25.9 Å². The molecule has 2 atom stereocenters. The third-order valence-corrected chi connectivity index (χ3v) is 3.28. The second-order valence-electron chi connectivity index (χ2n) is 4.09. The SMILES string of the molecule is CC(N)C1(CCO)CCCOCC1. The molecule has 3 nitrogen and oxygen atoms in total. The van der Waals surface area contributed by atoms with Crippen molar-refractivity contribution in [2.24, 2.45) is 11.1 Å². The fourth-order valence-electron chi connectivity index (χ4n) is 2.18. The van der Waals surface area contributed by atoms with Crippen LogP contribution < -0.4 is 5.73 Å². The molecule has 0 aliphatic carbocycles. The van der Waals surface area contributed by atoms with Crippen molar-refractivity contribution in [3.05, 3.63) is 0 Å². The molecular formula is C10H21NO2. The van der Waals surface area contributed by atoms with E-state index in [2.05, 4.69) is 0 Å². The third kappa shape index (κ3) is 2.66. The molecule has 1 saturated heterocycles. The molecule has 1 fully saturated rings. The maximum Gasteiger partial charge on any atom is 0.0471 e. The van der Waals surface area contributed by atoms with Gasteiger partial charge < -0.3 is 15.6 Å². The number of nitrogens with two attached hydrogens (primary N) is 1. The van der Waals surface area contributed by atoms with E-state index in [1.807, 2.05) is 6.92 Å². The first kappa shape index (κ1) is 11.0. The number of rotatable bonds is 3. The predicted molar refractivity (Wildman–Crippen MR) is 52.5 cm³/mol. The van der Waals surface area contributed by atoms with Gasteiger partial charge in [-0.15, -0.1) is 0 Å². The van der Waals surface area contributed by atoms with Crippen LogP contribution in [0.5, 0.6) is 0 Å². The Kier molecular flexibility index (Phi) is 4.16. The highest BCUT2D eigenvalue weighted by atomic mass is 16.5. The Morgan fingerprint density at radius 3 is 2.85 bits per heavy atom. The van der Waals surface area contributed by atoms with E-state index in [1.165, 1.54) is 0 Å². The topological polar surface area (TPSA) is 55.5 Å². The van der Waals surface area contributed by atoms with Gasteiger partial charge in [0.15, 0.2) is 0 Å². The zero-order valence-corrected chi connectivity index (χ0v) is 8.46. The molecule has 3 heteroatoms. The first-order valence-electron chi connectivity index (χ1n) is 5.15. The van der Waals surface area contributed by atoms with Gasteiger partial charge in [0.25, 0.3) is 0 Å². The van der Waals surface area contributed by atoms with Crippen molar-refractivity contribution in [1.29, 1.82) is 0 Å². The molecule has 3 N–H and O–H groups in total. The summed E-state index contributed by atoms with van der Waals surface area (Å²) in [6.07, 6.45) is 3.96. The average Bonchev–Trinajstić information content (AvgIpc) is 2.31. The molecule has 0 amide bonds. The molecule has 78 valence electrons.